The van der Waals surface area contributed by atoms with Crippen LogP contribution in [0.3, 0.4) is 0 Å². The summed E-state index contributed by atoms with van der Waals surface area (Å²) in [6.45, 7) is 4.05. The predicted molar refractivity (Wildman–Crippen MR) is 73.0 cm³/mol. The fourth-order valence-corrected chi connectivity index (χ4v) is 3.97. The van der Waals surface area contributed by atoms with Gasteiger partial charge in [0.2, 0.25) is 10.0 Å². The maximum Gasteiger partial charge on any atom is 0.214 e. The van der Waals surface area contributed by atoms with Gasteiger partial charge < -0.3 is 4.74 Å². The minimum Gasteiger partial charge on any atom is -0.378 e. The Bertz CT molecular complexity index is 319. The quantitative estimate of drug-likeness (QED) is 0.759. The molecule has 0 aromatic heterocycles. The maximum absolute atomic E-state index is 11.8. The maximum atomic E-state index is 11.8. The van der Waals surface area contributed by atoms with Crippen LogP contribution in [0.5, 0.6) is 0 Å². The fraction of sp³-hybridized carbons (Fsp3) is 1.00. The zero-order valence-electron chi connectivity index (χ0n) is 10.5. The van der Waals surface area contributed by atoms with Crippen molar-refractivity contribution in [3.8, 4) is 0 Å². The van der Waals surface area contributed by atoms with Crippen molar-refractivity contribution in [3.05, 3.63) is 0 Å². The van der Waals surface area contributed by atoms with Gasteiger partial charge in [0.1, 0.15) is 0 Å². The molecule has 1 N–H and O–H groups in total. The van der Waals surface area contributed by atoms with E-state index in [0.717, 1.165) is 19.3 Å². The van der Waals surface area contributed by atoms with E-state index in [4.69, 9.17) is 4.74 Å². The van der Waals surface area contributed by atoms with Crippen molar-refractivity contribution in [3.63, 3.8) is 0 Å². The molecule has 4 nitrogen and oxygen atoms in total. The van der Waals surface area contributed by atoms with Gasteiger partial charge in [-0.1, -0.05) is 28.8 Å². The summed E-state index contributed by atoms with van der Waals surface area (Å²) in [7, 11) is -3.21. The molecule has 2 unspecified atom stereocenters. The van der Waals surface area contributed by atoms with Crippen LogP contribution in [0.15, 0.2) is 0 Å². The van der Waals surface area contributed by atoms with Gasteiger partial charge in [-0.2, -0.15) is 0 Å². The van der Waals surface area contributed by atoms with E-state index in [2.05, 4.69) is 20.7 Å². The second kappa shape index (κ2) is 7.07. The fourth-order valence-electron chi connectivity index (χ4n) is 1.90. The normalized spacial score (nSPS) is 26.4. The van der Waals surface area contributed by atoms with Crippen LogP contribution in [-0.4, -0.2) is 37.8 Å². The second-order valence-corrected chi connectivity index (χ2v) is 7.81. The van der Waals surface area contributed by atoms with Crippen molar-refractivity contribution >= 4 is 26.0 Å². The third-order valence-corrected chi connectivity index (χ3v) is 5.28. The van der Waals surface area contributed by atoms with Crippen molar-refractivity contribution in [1.82, 2.24) is 4.72 Å². The SMILES string of the molecule is CC(C)OCCS(=O)(=O)NC1CCCCC1Br. The van der Waals surface area contributed by atoms with Crippen molar-refractivity contribution in [2.24, 2.45) is 0 Å². The lowest BCUT2D eigenvalue weighted by Gasteiger charge is -2.27. The summed E-state index contributed by atoms with van der Waals surface area (Å²) in [5, 5.41) is 0. The molecule has 1 saturated carbocycles. The van der Waals surface area contributed by atoms with Crippen LogP contribution >= 0.6 is 15.9 Å². The van der Waals surface area contributed by atoms with E-state index in [1.807, 2.05) is 13.8 Å². The van der Waals surface area contributed by atoms with Crippen molar-refractivity contribution in [2.75, 3.05) is 12.4 Å². The Hall–Kier alpha value is 0.350. The zero-order valence-corrected chi connectivity index (χ0v) is 12.9. The molecule has 0 bridgehead atoms. The predicted octanol–water partition coefficient (Wildman–Crippen LogP) is 2.04. The van der Waals surface area contributed by atoms with Gasteiger partial charge in [-0.3, -0.25) is 0 Å². The largest absolute Gasteiger partial charge is 0.378 e. The number of sulfonamides is 1. The Morgan fingerprint density at radius 3 is 2.59 bits per heavy atom. The van der Waals surface area contributed by atoms with Gasteiger partial charge >= 0.3 is 0 Å². The van der Waals surface area contributed by atoms with Gasteiger partial charge in [-0.25, -0.2) is 13.1 Å². The van der Waals surface area contributed by atoms with E-state index >= 15 is 0 Å². The first-order valence-corrected chi connectivity index (χ1v) is 8.73. The van der Waals surface area contributed by atoms with E-state index in [0.29, 0.717) is 0 Å². The van der Waals surface area contributed by atoms with Gasteiger partial charge in [0.15, 0.2) is 0 Å². The number of nitrogens with one attached hydrogen (secondary N) is 1. The smallest absolute Gasteiger partial charge is 0.214 e. The minimum atomic E-state index is -3.21. The molecule has 0 aromatic rings. The Balaban J connectivity index is 2.37. The zero-order chi connectivity index (χ0) is 12.9. The molecule has 0 aliphatic heterocycles. The molecule has 1 fully saturated rings. The lowest BCUT2D eigenvalue weighted by atomic mass is 9.96. The Labute approximate surface area is 113 Å². The van der Waals surface area contributed by atoms with Gasteiger partial charge in [0.25, 0.3) is 0 Å². The Kier molecular flexibility index (Phi) is 6.40. The topological polar surface area (TPSA) is 55.4 Å². The molecule has 0 amide bonds. The van der Waals surface area contributed by atoms with E-state index < -0.39 is 10.0 Å². The van der Waals surface area contributed by atoms with Crippen LogP contribution in [0, 0.1) is 0 Å². The molecular formula is C11H22BrNO3S. The van der Waals surface area contributed by atoms with Gasteiger partial charge in [-0.05, 0) is 26.7 Å². The van der Waals surface area contributed by atoms with Crippen molar-refractivity contribution < 1.29 is 13.2 Å². The molecule has 2 atom stereocenters. The van der Waals surface area contributed by atoms with Crippen LogP contribution in [0.2, 0.25) is 0 Å². The van der Waals surface area contributed by atoms with Crippen molar-refractivity contribution in [1.29, 1.82) is 0 Å². The van der Waals surface area contributed by atoms with Crippen LogP contribution in [0.4, 0.5) is 0 Å². The highest BCUT2D eigenvalue weighted by atomic mass is 79.9. The number of hydrogen-bond acceptors (Lipinski definition) is 3. The highest BCUT2D eigenvalue weighted by molar-refractivity contribution is 9.09. The summed E-state index contributed by atoms with van der Waals surface area (Å²) in [5.74, 6) is 0.0431. The summed E-state index contributed by atoms with van der Waals surface area (Å²) in [6.07, 6.45) is 4.29. The van der Waals surface area contributed by atoms with Crippen LogP contribution in [0.1, 0.15) is 39.5 Å². The summed E-state index contributed by atoms with van der Waals surface area (Å²) < 4.78 is 31.7. The van der Waals surface area contributed by atoms with Gasteiger partial charge in [0, 0.05) is 10.9 Å². The lowest BCUT2D eigenvalue weighted by molar-refractivity contribution is 0.0911. The number of halogens is 1. The number of ether oxygens (including phenoxy) is 1. The van der Waals surface area contributed by atoms with Crippen LogP contribution in [0.25, 0.3) is 0 Å². The molecule has 0 saturated heterocycles. The summed E-state index contributed by atoms with van der Waals surface area (Å²) in [5.41, 5.74) is 0. The van der Waals surface area contributed by atoms with Crippen LogP contribution < -0.4 is 4.72 Å². The lowest BCUT2D eigenvalue weighted by Crippen LogP contribution is -2.44. The minimum absolute atomic E-state index is 0.0350. The van der Waals surface area contributed by atoms with Gasteiger partial charge in [0.05, 0.1) is 18.5 Å². The molecule has 0 spiro atoms. The first-order valence-electron chi connectivity index (χ1n) is 6.16. The summed E-state index contributed by atoms with van der Waals surface area (Å²) in [4.78, 5) is 0.261. The molecule has 6 heteroatoms. The van der Waals surface area contributed by atoms with E-state index in [1.165, 1.54) is 6.42 Å². The van der Waals surface area contributed by atoms with Crippen molar-refractivity contribution in [2.45, 2.75) is 56.5 Å². The third-order valence-electron chi connectivity index (χ3n) is 2.82. The average molecular weight is 328 g/mol. The highest BCUT2D eigenvalue weighted by Crippen LogP contribution is 2.24. The Morgan fingerprint density at radius 2 is 2.00 bits per heavy atom. The van der Waals surface area contributed by atoms with E-state index in [-0.39, 0.29) is 29.3 Å². The summed E-state index contributed by atoms with van der Waals surface area (Å²) >= 11 is 3.54. The molecular weight excluding hydrogens is 306 g/mol. The monoisotopic (exact) mass is 327 g/mol. The molecule has 0 heterocycles. The molecule has 17 heavy (non-hydrogen) atoms. The number of rotatable bonds is 6. The molecule has 1 aliphatic rings. The van der Waals surface area contributed by atoms with Crippen LogP contribution in [-0.2, 0) is 14.8 Å². The molecule has 1 rings (SSSR count). The molecule has 1 aliphatic carbocycles. The highest BCUT2D eigenvalue weighted by Gasteiger charge is 2.26. The van der Waals surface area contributed by atoms with Gasteiger partial charge in [-0.15, -0.1) is 0 Å². The average Bonchev–Trinajstić information content (AvgIpc) is 2.20. The molecule has 0 radical (unpaired) electrons. The number of hydrogen-bond donors (Lipinski definition) is 1. The molecule has 0 aromatic carbocycles. The standard InChI is InChI=1S/C11H22BrNO3S/c1-9(2)16-7-8-17(14,15)13-11-6-4-3-5-10(11)12/h9-11,13H,3-8H2,1-2H3. The first kappa shape index (κ1) is 15.4. The van der Waals surface area contributed by atoms with E-state index in [1.54, 1.807) is 0 Å². The van der Waals surface area contributed by atoms with E-state index in [9.17, 15) is 8.42 Å². The summed E-state index contributed by atoms with van der Waals surface area (Å²) in [6, 6.07) is 0.0350. The Morgan fingerprint density at radius 1 is 1.35 bits per heavy atom. The molecule has 102 valence electrons. The second-order valence-electron chi connectivity index (χ2n) is 4.76. The first-order chi connectivity index (χ1) is 7.91. The third kappa shape index (κ3) is 6.18. The number of alkyl halides is 1.